The highest BCUT2D eigenvalue weighted by Crippen LogP contribution is 2.30. The molecule has 0 aromatic heterocycles. The van der Waals surface area contributed by atoms with Crippen LogP contribution in [0.25, 0.3) is 0 Å². The van der Waals surface area contributed by atoms with Gasteiger partial charge in [0.1, 0.15) is 17.2 Å². The molecule has 15 nitrogen and oxygen atoms in total. The quantitative estimate of drug-likeness (QED) is 0.128. The van der Waals surface area contributed by atoms with Gasteiger partial charge in [-0.05, 0) is 118 Å². The summed E-state index contributed by atoms with van der Waals surface area (Å²) in [6, 6.07) is -1.35. The largest absolute Gasteiger partial charge is 0.465 e. The average Bonchev–Trinajstić information content (AvgIpc) is 3.08. The lowest BCUT2D eigenvalue weighted by Gasteiger charge is -2.34. The number of esters is 1. The number of amides is 4. The van der Waals surface area contributed by atoms with Gasteiger partial charge in [0.25, 0.3) is 0 Å². The van der Waals surface area contributed by atoms with Crippen molar-refractivity contribution in [1.29, 1.82) is 0 Å². The SMILES string of the molecule is CCC/C=C/S(=O)(=O)N[C@@H](CNC(=O)CNC(=O)C(CCC1CCN(C(=O)OC(C)(C)C)CC1)CCC1CCN(C(=O)OC(C)(C)C)CC1)C(=O)OCC. The molecule has 0 aromatic rings. The molecule has 2 aliphatic heterocycles. The van der Waals surface area contributed by atoms with E-state index in [9.17, 15) is 32.4 Å². The molecule has 2 rings (SSSR count). The molecule has 0 unspecified atom stereocenters. The molecule has 0 saturated carbocycles. The first-order valence-electron chi connectivity index (χ1n) is 19.6. The molecule has 0 aliphatic carbocycles. The number of likely N-dealkylation sites (tertiary alicyclic amines) is 2. The maximum absolute atomic E-state index is 13.6. The van der Waals surface area contributed by atoms with E-state index >= 15 is 0 Å². The molecule has 0 radical (unpaired) electrons. The number of piperidine rings is 2. The second kappa shape index (κ2) is 22.2. The van der Waals surface area contributed by atoms with Gasteiger partial charge in [0.2, 0.25) is 21.8 Å². The standard InChI is InChI=1S/C38H67N5O10S/c1-9-11-12-25-54(49,50)41-31(34(46)51-10-2)26-39-32(44)27-40-33(45)30(15-13-28-17-21-42(22-18-28)35(47)52-37(3,4)5)16-14-29-19-23-43(24-20-29)36(48)53-38(6,7)8/h12,25,28-31,41H,9-11,13-24,26-27H2,1-8H3,(H,39,44)(H,40,45)/b25-12+/t31-/m0/s1. The molecule has 2 aliphatic rings. The summed E-state index contributed by atoms with van der Waals surface area (Å²) in [6.07, 6.45) is 8.16. The summed E-state index contributed by atoms with van der Waals surface area (Å²) in [7, 11) is -3.97. The number of sulfonamides is 1. The molecule has 0 bridgehead atoms. The maximum Gasteiger partial charge on any atom is 0.410 e. The highest BCUT2D eigenvalue weighted by molar-refractivity contribution is 7.92. The number of carbonyl (C=O) groups is 5. The minimum Gasteiger partial charge on any atom is -0.465 e. The number of rotatable bonds is 18. The lowest BCUT2D eigenvalue weighted by molar-refractivity contribution is -0.145. The van der Waals surface area contributed by atoms with Crippen molar-refractivity contribution < 1.29 is 46.6 Å². The minimum absolute atomic E-state index is 0.0276. The van der Waals surface area contributed by atoms with Crippen LogP contribution in [0.15, 0.2) is 11.5 Å². The predicted octanol–water partition coefficient (Wildman–Crippen LogP) is 4.85. The lowest BCUT2D eigenvalue weighted by Crippen LogP contribution is -2.50. The summed E-state index contributed by atoms with van der Waals surface area (Å²) in [5.74, 6) is -1.37. The Morgan fingerprint density at radius 1 is 0.778 bits per heavy atom. The van der Waals surface area contributed by atoms with Crippen molar-refractivity contribution in [3.63, 3.8) is 0 Å². The molecular weight excluding hydrogens is 719 g/mol. The van der Waals surface area contributed by atoms with Crippen LogP contribution < -0.4 is 15.4 Å². The maximum atomic E-state index is 13.6. The van der Waals surface area contributed by atoms with E-state index in [0.717, 1.165) is 50.4 Å². The van der Waals surface area contributed by atoms with E-state index in [1.54, 1.807) is 16.7 Å². The molecule has 16 heteroatoms. The zero-order valence-electron chi connectivity index (χ0n) is 33.9. The smallest absolute Gasteiger partial charge is 0.410 e. The van der Waals surface area contributed by atoms with Crippen LogP contribution in [0, 0.1) is 17.8 Å². The van der Waals surface area contributed by atoms with Crippen LogP contribution in [0.1, 0.15) is 120 Å². The molecule has 0 spiro atoms. The van der Waals surface area contributed by atoms with Crippen LogP contribution in [0.5, 0.6) is 0 Å². The van der Waals surface area contributed by atoms with E-state index in [2.05, 4.69) is 15.4 Å². The molecule has 4 amide bonds. The lowest BCUT2D eigenvalue weighted by atomic mass is 9.84. The Bertz CT molecular complexity index is 1310. The molecule has 2 saturated heterocycles. The summed E-state index contributed by atoms with van der Waals surface area (Å²) < 4.78 is 43.3. The van der Waals surface area contributed by atoms with Gasteiger partial charge in [-0.1, -0.05) is 19.4 Å². The molecule has 0 aromatic carbocycles. The third-order valence-electron chi connectivity index (χ3n) is 9.28. The minimum atomic E-state index is -3.97. The zero-order chi connectivity index (χ0) is 40.5. The molecule has 1 atom stereocenters. The Morgan fingerprint density at radius 3 is 1.69 bits per heavy atom. The van der Waals surface area contributed by atoms with Crippen molar-refractivity contribution in [3.05, 3.63) is 11.5 Å². The van der Waals surface area contributed by atoms with Gasteiger partial charge in [-0.3, -0.25) is 14.4 Å². The predicted molar refractivity (Wildman–Crippen MR) is 206 cm³/mol. The van der Waals surface area contributed by atoms with E-state index < -0.39 is 39.1 Å². The summed E-state index contributed by atoms with van der Waals surface area (Å²) in [5.41, 5.74) is -1.13. The molecule has 3 N–H and O–H groups in total. The van der Waals surface area contributed by atoms with Crippen LogP contribution in [-0.4, -0.2) is 111 Å². The highest BCUT2D eigenvalue weighted by atomic mass is 32.2. The van der Waals surface area contributed by atoms with Gasteiger partial charge in [0.15, 0.2) is 0 Å². The van der Waals surface area contributed by atoms with E-state index in [1.165, 1.54) is 6.08 Å². The Morgan fingerprint density at radius 2 is 1.26 bits per heavy atom. The normalized spacial score (nSPS) is 17.0. The number of nitrogens with zero attached hydrogens (tertiary/aromatic N) is 2. The number of allylic oxidation sites excluding steroid dienone is 1. The number of unbranched alkanes of at least 4 members (excludes halogenated alkanes) is 1. The monoisotopic (exact) mass is 785 g/mol. The van der Waals surface area contributed by atoms with Gasteiger partial charge in [0, 0.05) is 44.0 Å². The van der Waals surface area contributed by atoms with Crippen molar-refractivity contribution in [2.75, 3.05) is 45.9 Å². The third kappa shape index (κ3) is 18.8. The number of carbonyl (C=O) groups excluding carboxylic acids is 5. The van der Waals surface area contributed by atoms with Crippen LogP contribution in [0.3, 0.4) is 0 Å². The Hall–Kier alpha value is -3.40. The van der Waals surface area contributed by atoms with Crippen molar-refractivity contribution in [2.24, 2.45) is 17.8 Å². The first-order chi connectivity index (χ1) is 25.2. The van der Waals surface area contributed by atoms with Crippen LogP contribution >= 0.6 is 0 Å². The van der Waals surface area contributed by atoms with Crippen molar-refractivity contribution in [2.45, 2.75) is 137 Å². The summed E-state index contributed by atoms with van der Waals surface area (Å²) in [5, 5.41) is 6.27. The number of hydrogen-bond donors (Lipinski definition) is 3. The van der Waals surface area contributed by atoms with Crippen LogP contribution in [-0.2, 0) is 38.6 Å². The van der Waals surface area contributed by atoms with E-state index in [-0.39, 0.29) is 43.7 Å². The fourth-order valence-corrected chi connectivity index (χ4v) is 7.39. The Kier molecular flexibility index (Phi) is 19.2. The first kappa shape index (κ1) is 46.8. The number of ether oxygens (including phenoxy) is 3. The van der Waals surface area contributed by atoms with Crippen LogP contribution in [0.4, 0.5) is 9.59 Å². The Labute approximate surface area is 323 Å². The van der Waals surface area contributed by atoms with Crippen molar-refractivity contribution >= 4 is 40.0 Å². The van der Waals surface area contributed by atoms with E-state index in [4.69, 9.17) is 14.2 Å². The summed E-state index contributed by atoms with van der Waals surface area (Å²) >= 11 is 0. The second-order valence-electron chi connectivity index (χ2n) is 16.3. The van der Waals surface area contributed by atoms with Gasteiger partial charge in [-0.15, -0.1) is 0 Å². The summed E-state index contributed by atoms with van der Waals surface area (Å²) in [4.78, 5) is 67.5. The van der Waals surface area contributed by atoms with Crippen LogP contribution in [0.2, 0.25) is 0 Å². The fraction of sp³-hybridized carbons (Fsp3) is 0.816. The molecule has 2 fully saturated rings. The first-order valence-corrected chi connectivity index (χ1v) is 21.1. The van der Waals surface area contributed by atoms with Gasteiger partial charge < -0.3 is 34.6 Å². The summed E-state index contributed by atoms with van der Waals surface area (Å²) in [6.45, 7) is 16.2. The molecular formula is C38H67N5O10S. The van der Waals surface area contributed by atoms with Gasteiger partial charge >= 0.3 is 18.2 Å². The molecule has 310 valence electrons. The molecule has 54 heavy (non-hydrogen) atoms. The van der Waals surface area contributed by atoms with Crippen molar-refractivity contribution in [3.8, 4) is 0 Å². The van der Waals surface area contributed by atoms with E-state index in [0.29, 0.717) is 57.3 Å². The van der Waals surface area contributed by atoms with Gasteiger partial charge in [-0.25, -0.2) is 18.0 Å². The second-order valence-corrected chi connectivity index (χ2v) is 17.9. The van der Waals surface area contributed by atoms with Gasteiger partial charge in [-0.2, -0.15) is 4.72 Å². The average molecular weight is 786 g/mol. The molecule has 2 heterocycles. The van der Waals surface area contributed by atoms with Crippen molar-refractivity contribution in [1.82, 2.24) is 25.2 Å². The fourth-order valence-electron chi connectivity index (χ4n) is 6.35. The highest BCUT2D eigenvalue weighted by Gasteiger charge is 2.31. The zero-order valence-corrected chi connectivity index (χ0v) is 34.7. The topological polar surface area (TPSA) is 190 Å². The number of nitrogens with one attached hydrogen (secondary N) is 3. The van der Waals surface area contributed by atoms with E-state index in [1.807, 2.05) is 48.5 Å². The Balaban J connectivity index is 1.99. The third-order valence-corrected chi connectivity index (χ3v) is 10.4. The van der Waals surface area contributed by atoms with Gasteiger partial charge in [0.05, 0.1) is 13.2 Å². The number of hydrogen-bond acceptors (Lipinski definition) is 10.